The molecule has 0 saturated carbocycles. The van der Waals surface area contributed by atoms with E-state index < -0.39 is 23.7 Å². The second-order valence-corrected chi connectivity index (χ2v) is 6.11. The summed E-state index contributed by atoms with van der Waals surface area (Å²) in [6.45, 7) is 1.51. The number of halogens is 2. The van der Waals surface area contributed by atoms with Crippen molar-refractivity contribution >= 4 is 23.5 Å². The zero-order valence-electron chi connectivity index (χ0n) is 14.5. The Kier molecular flexibility index (Phi) is 5.27. The number of nitrogens with one attached hydrogen (secondary N) is 1. The lowest BCUT2D eigenvalue weighted by Crippen LogP contribution is -2.39. The van der Waals surface area contributed by atoms with Crippen molar-refractivity contribution in [2.45, 2.75) is 13.0 Å². The Morgan fingerprint density at radius 2 is 2.00 bits per heavy atom. The second kappa shape index (κ2) is 7.63. The average Bonchev–Trinajstić information content (AvgIpc) is 3.31. The van der Waals surface area contributed by atoms with E-state index >= 15 is 0 Å². The molecule has 1 amide bonds. The first-order valence-corrected chi connectivity index (χ1v) is 8.35. The molecule has 0 aliphatic rings. The molecular weight excluding hydrogens is 375 g/mol. The van der Waals surface area contributed by atoms with Crippen molar-refractivity contribution in [1.82, 2.24) is 19.7 Å². The highest BCUT2D eigenvalue weighted by molar-refractivity contribution is 6.32. The normalized spacial score (nSPS) is 11.9. The van der Waals surface area contributed by atoms with Crippen LogP contribution >= 0.6 is 11.6 Å². The molecular formula is C18H16ClFN4O3. The van der Waals surface area contributed by atoms with E-state index in [0.29, 0.717) is 5.82 Å². The summed E-state index contributed by atoms with van der Waals surface area (Å²) in [7, 11) is 1.24. The molecule has 0 aliphatic carbocycles. The van der Waals surface area contributed by atoms with Gasteiger partial charge >= 0.3 is 5.97 Å². The van der Waals surface area contributed by atoms with Crippen molar-refractivity contribution in [3.63, 3.8) is 0 Å². The van der Waals surface area contributed by atoms with Crippen LogP contribution in [-0.4, -0.2) is 39.4 Å². The van der Waals surface area contributed by atoms with Crippen molar-refractivity contribution in [3.8, 4) is 11.5 Å². The van der Waals surface area contributed by atoms with Gasteiger partial charge in [-0.1, -0.05) is 11.6 Å². The van der Waals surface area contributed by atoms with E-state index in [1.807, 2.05) is 0 Å². The van der Waals surface area contributed by atoms with Crippen molar-refractivity contribution in [2.24, 2.45) is 0 Å². The first-order chi connectivity index (χ1) is 12.9. The minimum atomic E-state index is -0.846. The summed E-state index contributed by atoms with van der Waals surface area (Å²) in [5, 5.41) is 7.02. The van der Waals surface area contributed by atoms with E-state index in [9.17, 15) is 14.0 Å². The molecule has 1 atom stereocenters. The topological polar surface area (TPSA) is 78.2 Å². The molecule has 0 aliphatic heterocycles. The van der Waals surface area contributed by atoms with Crippen LogP contribution in [0.2, 0.25) is 5.02 Å². The number of esters is 1. The second-order valence-electron chi connectivity index (χ2n) is 5.70. The lowest BCUT2D eigenvalue weighted by atomic mass is 10.2. The van der Waals surface area contributed by atoms with Crippen LogP contribution in [0.3, 0.4) is 0 Å². The van der Waals surface area contributed by atoms with Gasteiger partial charge in [0.05, 0.1) is 24.0 Å². The molecule has 7 nitrogen and oxygen atoms in total. The standard InChI is InChI=1S/C18H16ClFN4O3/c1-11(18(26)27-2)22-16(25)13-10-21-24(17(13)23-7-3-4-8-23)15-9-12(20)5-6-14(15)19/h3-11H,1-2H3,(H,22,25)/t11-/m0/s1. The Labute approximate surface area is 159 Å². The minimum absolute atomic E-state index is 0.183. The van der Waals surface area contributed by atoms with Gasteiger partial charge in [0.25, 0.3) is 5.91 Å². The van der Waals surface area contributed by atoms with Gasteiger partial charge in [0.1, 0.15) is 17.4 Å². The summed E-state index contributed by atoms with van der Waals surface area (Å²) in [6.07, 6.45) is 4.75. The molecule has 1 aromatic carbocycles. The molecule has 0 radical (unpaired) electrons. The van der Waals surface area contributed by atoms with Crippen LogP contribution in [0.1, 0.15) is 17.3 Å². The number of hydrogen-bond acceptors (Lipinski definition) is 4. The lowest BCUT2D eigenvalue weighted by molar-refractivity contribution is -0.142. The fourth-order valence-electron chi connectivity index (χ4n) is 2.56. The number of benzene rings is 1. The monoisotopic (exact) mass is 390 g/mol. The maximum absolute atomic E-state index is 13.7. The minimum Gasteiger partial charge on any atom is -0.467 e. The first-order valence-electron chi connectivity index (χ1n) is 7.98. The number of rotatable bonds is 5. The SMILES string of the molecule is COC(=O)[C@H](C)NC(=O)c1cnn(-c2cc(F)ccc2Cl)c1-n1cccc1. The van der Waals surface area contributed by atoms with Crippen LogP contribution in [0.5, 0.6) is 0 Å². The van der Waals surface area contributed by atoms with E-state index in [1.54, 1.807) is 29.1 Å². The third-order valence-corrected chi connectivity index (χ3v) is 4.20. The van der Waals surface area contributed by atoms with Crippen LogP contribution in [0.15, 0.2) is 48.9 Å². The van der Waals surface area contributed by atoms with Gasteiger partial charge in [0.15, 0.2) is 5.82 Å². The van der Waals surface area contributed by atoms with E-state index in [-0.39, 0.29) is 16.3 Å². The van der Waals surface area contributed by atoms with Gasteiger partial charge in [-0.2, -0.15) is 5.10 Å². The highest BCUT2D eigenvalue weighted by Gasteiger charge is 2.24. The molecule has 0 spiro atoms. The third-order valence-electron chi connectivity index (χ3n) is 3.88. The molecule has 0 unspecified atom stereocenters. The van der Waals surface area contributed by atoms with E-state index in [2.05, 4.69) is 15.2 Å². The van der Waals surface area contributed by atoms with Gasteiger partial charge in [-0.3, -0.25) is 4.79 Å². The van der Waals surface area contributed by atoms with Gasteiger partial charge in [0.2, 0.25) is 0 Å². The molecule has 2 heterocycles. The quantitative estimate of drug-likeness (QED) is 0.679. The fraction of sp³-hybridized carbons (Fsp3) is 0.167. The number of aromatic nitrogens is 3. The zero-order chi connectivity index (χ0) is 19.6. The summed E-state index contributed by atoms with van der Waals surface area (Å²) >= 11 is 6.20. The summed E-state index contributed by atoms with van der Waals surface area (Å²) in [5.41, 5.74) is 0.461. The zero-order valence-corrected chi connectivity index (χ0v) is 15.3. The van der Waals surface area contributed by atoms with Crippen LogP contribution in [0.25, 0.3) is 11.5 Å². The summed E-state index contributed by atoms with van der Waals surface area (Å²) in [5.74, 6) is -1.25. The molecule has 3 rings (SSSR count). The Morgan fingerprint density at radius 1 is 1.30 bits per heavy atom. The van der Waals surface area contributed by atoms with Crippen molar-refractivity contribution < 1.29 is 18.7 Å². The molecule has 27 heavy (non-hydrogen) atoms. The molecule has 0 saturated heterocycles. The van der Waals surface area contributed by atoms with Crippen LogP contribution in [0.4, 0.5) is 4.39 Å². The molecule has 1 N–H and O–H groups in total. The Bertz CT molecular complexity index is 985. The summed E-state index contributed by atoms with van der Waals surface area (Å²) < 4.78 is 21.4. The molecule has 0 bridgehead atoms. The predicted molar refractivity (Wildman–Crippen MR) is 96.8 cm³/mol. The van der Waals surface area contributed by atoms with Gasteiger partial charge in [-0.05, 0) is 31.2 Å². The average molecular weight is 391 g/mol. The Morgan fingerprint density at radius 3 is 2.67 bits per heavy atom. The van der Waals surface area contributed by atoms with Gasteiger partial charge < -0.3 is 14.6 Å². The number of methoxy groups -OCH3 is 1. The number of amides is 1. The van der Waals surface area contributed by atoms with Crippen LogP contribution in [0, 0.1) is 5.82 Å². The highest BCUT2D eigenvalue weighted by atomic mass is 35.5. The number of nitrogens with zero attached hydrogens (tertiary/aromatic N) is 3. The summed E-state index contributed by atoms with van der Waals surface area (Å²) in [6, 6.07) is 6.55. The lowest BCUT2D eigenvalue weighted by Gasteiger charge is -2.14. The molecule has 0 fully saturated rings. The van der Waals surface area contributed by atoms with Crippen molar-refractivity contribution in [2.75, 3.05) is 7.11 Å². The van der Waals surface area contributed by atoms with Gasteiger partial charge in [-0.25, -0.2) is 13.9 Å². The number of carbonyl (C=O) groups excluding carboxylic acids is 2. The number of ether oxygens (including phenoxy) is 1. The van der Waals surface area contributed by atoms with Crippen molar-refractivity contribution in [3.05, 3.63) is 65.3 Å². The maximum Gasteiger partial charge on any atom is 0.328 e. The molecule has 9 heteroatoms. The van der Waals surface area contributed by atoms with Crippen LogP contribution in [-0.2, 0) is 9.53 Å². The number of carbonyl (C=O) groups is 2. The Hall–Kier alpha value is -3.13. The first kappa shape index (κ1) is 18.7. The number of hydrogen-bond donors (Lipinski definition) is 1. The highest BCUT2D eigenvalue weighted by Crippen LogP contribution is 2.26. The van der Waals surface area contributed by atoms with Gasteiger partial charge in [-0.15, -0.1) is 0 Å². The molecule has 3 aromatic rings. The summed E-state index contributed by atoms with van der Waals surface area (Å²) in [4.78, 5) is 24.3. The third kappa shape index (κ3) is 3.70. The van der Waals surface area contributed by atoms with E-state index in [4.69, 9.17) is 11.6 Å². The Balaban J connectivity index is 2.09. The maximum atomic E-state index is 13.7. The fourth-order valence-corrected chi connectivity index (χ4v) is 2.76. The smallest absolute Gasteiger partial charge is 0.328 e. The van der Waals surface area contributed by atoms with Crippen LogP contribution < -0.4 is 5.32 Å². The van der Waals surface area contributed by atoms with Gasteiger partial charge in [0, 0.05) is 18.5 Å². The molecule has 2 aromatic heterocycles. The van der Waals surface area contributed by atoms with E-state index in [1.165, 1.54) is 43.1 Å². The van der Waals surface area contributed by atoms with E-state index in [0.717, 1.165) is 0 Å². The largest absolute Gasteiger partial charge is 0.467 e. The van der Waals surface area contributed by atoms with Crippen molar-refractivity contribution in [1.29, 1.82) is 0 Å². The predicted octanol–water partition coefficient (Wildman–Crippen LogP) is 2.75. The molecule has 140 valence electrons.